The summed E-state index contributed by atoms with van der Waals surface area (Å²) in [5.74, 6) is 1.38. The number of sulfonamides is 1. The second-order valence-electron chi connectivity index (χ2n) is 5.42. The number of aryl methyl sites for hydroxylation is 1. The molecule has 0 fully saturated rings. The molecule has 0 aliphatic rings. The fourth-order valence-corrected chi connectivity index (χ4v) is 3.32. The predicted octanol–water partition coefficient (Wildman–Crippen LogP) is 1.89. The third-order valence-electron chi connectivity index (χ3n) is 3.22. The van der Waals surface area contributed by atoms with E-state index in [-0.39, 0.29) is 12.3 Å². The molecule has 0 saturated heterocycles. The summed E-state index contributed by atoms with van der Waals surface area (Å²) >= 11 is 0. The standard InChI is InChI=1S/C16H22FN5O2S/c1-3-18-15-10-16(22-12(2)21-15)19-8-9-20-25(23,24)11-13-4-6-14(17)7-5-13/h4-7,10,20H,3,8-9,11H2,1-2H3,(H2,18,19,21,22). The molecule has 0 unspecified atom stereocenters. The first-order valence-corrected chi connectivity index (χ1v) is 9.58. The number of nitrogens with one attached hydrogen (secondary N) is 3. The highest BCUT2D eigenvalue weighted by Crippen LogP contribution is 2.10. The molecule has 0 aliphatic carbocycles. The summed E-state index contributed by atoms with van der Waals surface area (Å²) in [5, 5.41) is 6.17. The molecule has 0 atom stereocenters. The number of anilines is 2. The van der Waals surface area contributed by atoms with E-state index in [1.54, 1.807) is 13.0 Å². The zero-order valence-corrected chi connectivity index (χ0v) is 15.0. The highest BCUT2D eigenvalue weighted by atomic mass is 32.2. The fraction of sp³-hybridized carbons (Fsp3) is 0.375. The van der Waals surface area contributed by atoms with Gasteiger partial charge in [-0.15, -0.1) is 0 Å². The van der Waals surface area contributed by atoms with Gasteiger partial charge in [0.25, 0.3) is 0 Å². The largest absolute Gasteiger partial charge is 0.370 e. The van der Waals surface area contributed by atoms with Gasteiger partial charge in [0.05, 0.1) is 5.75 Å². The van der Waals surface area contributed by atoms with Crippen LogP contribution in [-0.4, -0.2) is 38.0 Å². The fourth-order valence-electron chi connectivity index (χ4n) is 2.18. The molecule has 0 saturated carbocycles. The number of halogens is 1. The summed E-state index contributed by atoms with van der Waals surface area (Å²) in [4.78, 5) is 8.49. The lowest BCUT2D eigenvalue weighted by Crippen LogP contribution is -2.30. The van der Waals surface area contributed by atoms with E-state index >= 15 is 0 Å². The van der Waals surface area contributed by atoms with E-state index in [0.29, 0.717) is 23.8 Å². The molecule has 0 amide bonds. The lowest BCUT2D eigenvalue weighted by molar-refractivity contribution is 0.581. The molecule has 9 heteroatoms. The molecule has 0 aliphatic heterocycles. The summed E-state index contributed by atoms with van der Waals surface area (Å²) in [6, 6.07) is 7.17. The minimum absolute atomic E-state index is 0.190. The molecule has 2 rings (SSSR count). The van der Waals surface area contributed by atoms with Gasteiger partial charge in [0, 0.05) is 25.7 Å². The molecule has 25 heavy (non-hydrogen) atoms. The van der Waals surface area contributed by atoms with Gasteiger partial charge in [-0.1, -0.05) is 12.1 Å². The van der Waals surface area contributed by atoms with Gasteiger partial charge in [0.15, 0.2) is 0 Å². The van der Waals surface area contributed by atoms with Gasteiger partial charge in [-0.05, 0) is 31.5 Å². The van der Waals surface area contributed by atoms with Crippen LogP contribution in [0.3, 0.4) is 0 Å². The Morgan fingerprint density at radius 2 is 1.68 bits per heavy atom. The summed E-state index contributed by atoms with van der Waals surface area (Å²) in [5.41, 5.74) is 0.531. The summed E-state index contributed by atoms with van der Waals surface area (Å²) in [7, 11) is -3.48. The Bertz CT molecular complexity index is 797. The Kier molecular flexibility index (Phi) is 6.65. The molecular weight excluding hydrogens is 345 g/mol. The summed E-state index contributed by atoms with van der Waals surface area (Å²) in [6.45, 7) is 5.10. The normalized spacial score (nSPS) is 11.3. The number of hydrogen-bond acceptors (Lipinski definition) is 6. The second kappa shape index (κ2) is 8.72. The summed E-state index contributed by atoms with van der Waals surface area (Å²) < 4.78 is 39.4. The van der Waals surface area contributed by atoms with Crippen LogP contribution in [0, 0.1) is 12.7 Å². The van der Waals surface area contributed by atoms with Crippen molar-refractivity contribution in [1.29, 1.82) is 0 Å². The molecule has 3 N–H and O–H groups in total. The van der Waals surface area contributed by atoms with Crippen molar-refractivity contribution in [1.82, 2.24) is 14.7 Å². The quantitative estimate of drug-likeness (QED) is 0.586. The van der Waals surface area contributed by atoms with Crippen molar-refractivity contribution in [3.63, 3.8) is 0 Å². The summed E-state index contributed by atoms with van der Waals surface area (Å²) in [6.07, 6.45) is 0. The van der Waals surface area contributed by atoms with Crippen molar-refractivity contribution in [2.75, 3.05) is 30.3 Å². The third kappa shape index (κ3) is 6.63. The first-order valence-electron chi connectivity index (χ1n) is 7.93. The smallest absolute Gasteiger partial charge is 0.215 e. The van der Waals surface area contributed by atoms with Crippen LogP contribution in [0.15, 0.2) is 30.3 Å². The SMILES string of the molecule is CCNc1cc(NCCNS(=O)(=O)Cc2ccc(F)cc2)nc(C)n1. The average Bonchev–Trinajstić information content (AvgIpc) is 2.53. The van der Waals surface area contributed by atoms with Crippen LogP contribution in [0.5, 0.6) is 0 Å². The lowest BCUT2D eigenvalue weighted by atomic mass is 10.2. The van der Waals surface area contributed by atoms with Crippen LogP contribution < -0.4 is 15.4 Å². The Morgan fingerprint density at radius 1 is 1.04 bits per heavy atom. The van der Waals surface area contributed by atoms with Crippen molar-refractivity contribution < 1.29 is 12.8 Å². The topological polar surface area (TPSA) is 96.0 Å². The van der Waals surface area contributed by atoms with Gasteiger partial charge in [-0.3, -0.25) is 0 Å². The molecule has 0 radical (unpaired) electrons. The van der Waals surface area contributed by atoms with E-state index < -0.39 is 15.8 Å². The predicted molar refractivity (Wildman–Crippen MR) is 96.4 cm³/mol. The molecule has 1 heterocycles. The van der Waals surface area contributed by atoms with Gasteiger partial charge in [-0.2, -0.15) is 0 Å². The van der Waals surface area contributed by atoms with Crippen molar-refractivity contribution >= 4 is 21.7 Å². The van der Waals surface area contributed by atoms with E-state index in [2.05, 4.69) is 25.3 Å². The molecule has 1 aromatic heterocycles. The van der Waals surface area contributed by atoms with Crippen molar-refractivity contribution in [2.45, 2.75) is 19.6 Å². The minimum atomic E-state index is -3.48. The minimum Gasteiger partial charge on any atom is -0.370 e. The Labute approximate surface area is 147 Å². The zero-order valence-electron chi connectivity index (χ0n) is 14.2. The maximum atomic E-state index is 12.8. The Balaban J connectivity index is 1.82. The van der Waals surface area contributed by atoms with Crippen LogP contribution in [0.1, 0.15) is 18.3 Å². The first kappa shape index (κ1) is 19.1. The van der Waals surface area contributed by atoms with Gasteiger partial charge >= 0.3 is 0 Å². The molecule has 0 bridgehead atoms. The third-order valence-corrected chi connectivity index (χ3v) is 4.58. The van der Waals surface area contributed by atoms with Gasteiger partial charge < -0.3 is 10.6 Å². The van der Waals surface area contributed by atoms with E-state index in [1.165, 1.54) is 24.3 Å². The van der Waals surface area contributed by atoms with Crippen LogP contribution in [0.4, 0.5) is 16.0 Å². The lowest BCUT2D eigenvalue weighted by Gasteiger charge is -2.10. The van der Waals surface area contributed by atoms with Crippen molar-refractivity contribution in [2.24, 2.45) is 0 Å². The van der Waals surface area contributed by atoms with E-state index in [9.17, 15) is 12.8 Å². The maximum absolute atomic E-state index is 12.8. The van der Waals surface area contributed by atoms with Crippen molar-refractivity contribution in [3.05, 3.63) is 47.5 Å². The molecule has 1 aromatic carbocycles. The Hall–Kier alpha value is -2.26. The number of nitrogens with zero attached hydrogens (tertiary/aromatic N) is 2. The van der Waals surface area contributed by atoms with E-state index in [4.69, 9.17) is 0 Å². The van der Waals surface area contributed by atoms with Gasteiger partial charge in [-0.25, -0.2) is 27.5 Å². The number of aromatic nitrogens is 2. The van der Waals surface area contributed by atoms with Crippen LogP contribution in [-0.2, 0) is 15.8 Å². The average molecular weight is 367 g/mol. The van der Waals surface area contributed by atoms with Crippen LogP contribution in [0.2, 0.25) is 0 Å². The second-order valence-corrected chi connectivity index (χ2v) is 7.23. The first-order chi connectivity index (χ1) is 11.9. The number of benzene rings is 1. The van der Waals surface area contributed by atoms with Crippen LogP contribution in [0.25, 0.3) is 0 Å². The maximum Gasteiger partial charge on any atom is 0.215 e. The zero-order chi connectivity index (χ0) is 18.3. The van der Waals surface area contributed by atoms with E-state index in [0.717, 1.165) is 12.4 Å². The number of rotatable bonds is 9. The molecule has 0 spiro atoms. The van der Waals surface area contributed by atoms with E-state index in [1.807, 2.05) is 6.92 Å². The number of hydrogen-bond donors (Lipinski definition) is 3. The van der Waals surface area contributed by atoms with Gasteiger partial charge in [0.2, 0.25) is 10.0 Å². The molecular formula is C16H22FN5O2S. The highest BCUT2D eigenvalue weighted by Gasteiger charge is 2.11. The highest BCUT2D eigenvalue weighted by molar-refractivity contribution is 7.88. The van der Waals surface area contributed by atoms with Crippen LogP contribution >= 0.6 is 0 Å². The Morgan fingerprint density at radius 3 is 2.32 bits per heavy atom. The van der Waals surface area contributed by atoms with Crippen molar-refractivity contribution in [3.8, 4) is 0 Å². The molecule has 2 aromatic rings. The monoisotopic (exact) mass is 367 g/mol. The molecule has 7 nitrogen and oxygen atoms in total. The van der Waals surface area contributed by atoms with Gasteiger partial charge in [0.1, 0.15) is 23.3 Å². The molecule has 136 valence electrons.